The van der Waals surface area contributed by atoms with Crippen LogP contribution in [-0.2, 0) is 0 Å². The number of nitrogens with one attached hydrogen (secondary N) is 3. The smallest absolute Gasteiger partial charge is 0.271 e. The van der Waals surface area contributed by atoms with Gasteiger partial charge in [0.25, 0.3) is 5.91 Å². The number of carbonyl (C=O) groups is 1. The number of hydrazine groups is 1. The molecule has 0 saturated carbocycles. The predicted octanol–water partition coefficient (Wildman–Crippen LogP) is 3.48. The summed E-state index contributed by atoms with van der Waals surface area (Å²) < 4.78 is 1.91. The van der Waals surface area contributed by atoms with Crippen molar-refractivity contribution in [3.63, 3.8) is 0 Å². The van der Waals surface area contributed by atoms with E-state index in [2.05, 4.69) is 22.2 Å². The Labute approximate surface area is 159 Å². The van der Waals surface area contributed by atoms with Crippen molar-refractivity contribution in [3.8, 4) is 5.69 Å². The summed E-state index contributed by atoms with van der Waals surface area (Å²) in [7, 11) is 0. The Balaban J connectivity index is 1.48. The molecule has 3 rings (SSSR count). The lowest BCUT2D eigenvalue weighted by molar-refractivity contribution is 0.0943. The minimum Gasteiger partial charge on any atom is -0.361 e. The second-order valence-electron chi connectivity index (χ2n) is 6.30. The zero-order valence-corrected chi connectivity index (χ0v) is 15.5. The van der Waals surface area contributed by atoms with Crippen LogP contribution >= 0.6 is 12.2 Å². The van der Waals surface area contributed by atoms with Gasteiger partial charge in [0.2, 0.25) is 0 Å². The number of carbonyl (C=O) groups excluding carboxylic acids is 1. The van der Waals surface area contributed by atoms with E-state index in [4.69, 9.17) is 12.2 Å². The Kier molecular flexibility index (Phi) is 6.44. The van der Waals surface area contributed by atoms with Gasteiger partial charge >= 0.3 is 0 Å². The second-order valence-corrected chi connectivity index (χ2v) is 6.71. The average molecular weight is 369 g/mol. The van der Waals surface area contributed by atoms with Crippen LogP contribution in [0, 0.1) is 0 Å². The molecule has 1 aliphatic rings. The number of aromatic nitrogens is 1. The molecule has 5 nitrogen and oxygen atoms in total. The molecule has 6 heteroatoms. The van der Waals surface area contributed by atoms with E-state index in [-0.39, 0.29) is 5.91 Å². The highest BCUT2D eigenvalue weighted by Gasteiger charge is 2.12. The van der Waals surface area contributed by atoms with Crippen molar-refractivity contribution in [2.24, 2.45) is 0 Å². The Bertz CT molecular complexity index is 783. The molecule has 0 aliphatic heterocycles. The summed E-state index contributed by atoms with van der Waals surface area (Å²) in [6.45, 7) is 0.771. The highest BCUT2D eigenvalue weighted by molar-refractivity contribution is 7.80. The van der Waals surface area contributed by atoms with Crippen LogP contribution in [0.3, 0.4) is 0 Å². The standard InChI is InChI=1S/C20H24N4OS/c25-19(17-10-4-5-11-18(17)24-14-6-7-15-24)22-23-20(26)21-13-12-16-8-2-1-3-9-16/h4-8,10-11,14-15H,1-3,9,12-13H2,(H,22,25)(H2,21,23,26). The molecule has 1 aromatic carbocycles. The summed E-state index contributed by atoms with van der Waals surface area (Å²) in [6, 6.07) is 11.3. The summed E-state index contributed by atoms with van der Waals surface area (Å²) in [6.07, 6.45) is 12.1. The van der Waals surface area contributed by atoms with Crippen LogP contribution < -0.4 is 16.2 Å². The third-order valence-corrected chi connectivity index (χ3v) is 4.68. The first-order chi connectivity index (χ1) is 12.7. The second kappa shape index (κ2) is 9.20. The summed E-state index contributed by atoms with van der Waals surface area (Å²) in [5, 5.41) is 3.56. The fourth-order valence-electron chi connectivity index (χ4n) is 3.08. The number of amides is 1. The normalized spacial score (nSPS) is 13.6. The maximum absolute atomic E-state index is 12.5. The number of nitrogens with zero attached hydrogens (tertiary/aromatic N) is 1. The summed E-state index contributed by atoms with van der Waals surface area (Å²) in [5.41, 5.74) is 8.34. The number of hydrogen-bond acceptors (Lipinski definition) is 2. The fourth-order valence-corrected chi connectivity index (χ4v) is 3.23. The highest BCUT2D eigenvalue weighted by Crippen LogP contribution is 2.19. The molecule has 0 radical (unpaired) electrons. The van der Waals surface area contributed by atoms with Crippen LogP contribution in [0.2, 0.25) is 0 Å². The first-order valence-electron chi connectivity index (χ1n) is 8.98. The van der Waals surface area contributed by atoms with Gasteiger partial charge in [-0.3, -0.25) is 15.6 Å². The predicted molar refractivity (Wildman–Crippen MR) is 108 cm³/mol. The van der Waals surface area contributed by atoms with Gasteiger partial charge in [-0.25, -0.2) is 0 Å². The SMILES string of the molecule is O=C(NNC(=S)NCCC1=CCCCC1)c1ccccc1-n1cccc1. The van der Waals surface area contributed by atoms with E-state index in [0.29, 0.717) is 10.7 Å². The number of thiocarbonyl (C=S) groups is 1. The molecule has 1 heterocycles. The van der Waals surface area contributed by atoms with Gasteiger partial charge in [0.15, 0.2) is 5.11 Å². The van der Waals surface area contributed by atoms with Crippen LogP contribution in [0.1, 0.15) is 42.5 Å². The van der Waals surface area contributed by atoms with Gasteiger partial charge in [-0.15, -0.1) is 0 Å². The number of rotatable bonds is 5. The van der Waals surface area contributed by atoms with E-state index in [0.717, 1.165) is 18.7 Å². The first kappa shape index (κ1) is 18.2. The van der Waals surface area contributed by atoms with Gasteiger partial charge in [-0.1, -0.05) is 23.8 Å². The summed E-state index contributed by atoms with van der Waals surface area (Å²) >= 11 is 5.24. The maximum Gasteiger partial charge on any atom is 0.271 e. The zero-order chi connectivity index (χ0) is 18.2. The number of benzene rings is 1. The van der Waals surface area contributed by atoms with Crippen molar-refractivity contribution < 1.29 is 4.79 Å². The van der Waals surface area contributed by atoms with Crippen molar-refractivity contribution in [3.05, 3.63) is 66.0 Å². The minimum absolute atomic E-state index is 0.228. The van der Waals surface area contributed by atoms with E-state index in [1.807, 2.05) is 47.3 Å². The Morgan fingerprint density at radius 2 is 1.88 bits per heavy atom. The molecule has 0 unspecified atom stereocenters. The number of para-hydroxylation sites is 1. The van der Waals surface area contributed by atoms with Crippen LogP contribution in [-0.4, -0.2) is 22.1 Å². The van der Waals surface area contributed by atoms with Crippen LogP contribution in [0.15, 0.2) is 60.4 Å². The monoisotopic (exact) mass is 368 g/mol. The quantitative estimate of drug-likeness (QED) is 0.430. The molecule has 3 N–H and O–H groups in total. The molecule has 1 amide bonds. The topological polar surface area (TPSA) is 58.1 Å². The zero-order valence-electron chi connectivity index (χ0n) is 14.7. The average Bonchev–Trinajstić information content (AvgIpc) is 3.21. The summed E-state index contributed by atoms with van der Waals surface area (Å²) in [4.78, 5) is 12.5. The van der Waals surface area contributed by atoms with Gasteiger partial charge < -0.3 is 9.88 Å². The van der Waals surface area contributed by atoms with Gasteiger partial charge in [0.1, 0.15) is 0 Å². The van der Waals surface area contributed by atoms with E-state index in [1.165, 1.54) is 31.3 Å². The number of hydrogen-bond donors (Lipinski definition) is 3. The van der Waals surface area contributed by atoms with Crippen molar-refractivity contribution >= 4 is 23.2 Å². The van der Waals surface area contributed by atoms with Gasteiger partial charge in [-0.2, -0.15) is 0 Å². The molecule has 136 valence electrons. The lowest BCUT2D eigenvalue weighted by atomic mass is 9.97. The molecular formula is C20H24N4OS. The fraction of sp³-hybridized carbons (Fsp3) is 0.300. The Morgan fingerprint density at radius 3 is 2.65 bits per heavy atom. The van der Waals surface area contributed by atoms with Crippen molar-refractivity contribution in [1.29, 1.82) is 0 Å². The molecule has 0 bridgehead atoms. The third-order valence-electron chi connectivity index (χ3n) is 4.44. The van der Waals surface area contributed by atoms with Gasteiger partial charge in [0.05, 0.1) is 11.3 Å². The van der Waals surface area contributed by atoms with Crippen LogP contribution in [0.4, 0.5) is 0 Å². The van der Waals surface area contributed by atoms with Crippen molar-refractivity contribution in [1.82, 2.24) is 20.7 Å². The van der Waals surface area contributed by atoms with Crippen molar-refractivity contribution in [2.45, 2.75) is 32.1 Å². The lowest BCUT2D eigenvalue weighted by Crippen LogP contribution is -2.47. The molecule has 0 saturated heterocycles. The molecule has 2 aromatic rings. The van der Waals surface area contributed by atoms with Crippen LogP contribution in [0.25, 0.3) is 5.69 Å². The molecule has 1 aliphatic carbocycles. The van der Waals surface area contributed by atoms with Gasteiger partial charge in [0, 0.05) is 18.9 Å². The van der Waals surface area contributed by atoms with Gasteiger partial charge in [-0.05, 0) is 68.6 Å². The van der Waals surface area contributed by atoms with E-state index in [9.17, 15) is 4.79 Å². The largest absolute Gasteiger partial charge is 0.361 e. The number of allylic oxidation sites excluding steroid dienone is 1. The first-order valence-corrected chi connectivity index (χ1v) is 9.39. The molecule has 1 aromatic heterocycles. The molecule has 0 spiro atoms. The minimum atomic E-state index is -0.228. The van der Waals surface area contributed by atoms with Crippen LogP contribution in [0.5, 0.6) is 0 Å². The van der Waals surface area contributed by atoms with E-state index >= 15 is 0 Å². The van der Waals surface area contributed by atoms with E-state index < -0.39 is 0 Å². The maximum atomic E-state index is 12.5. The molecule has 0 atom stereocenters. The third kappa shape index (κ3) is 4.95. The Morgan fingerprint density at radius 1 is 1.08 bits per heavy atom. The van der Waals surface area contributed by atoms with E-state index in [1.54, 1.807) is 6.07 Å². The summed E-state index contributed by atoms with van der Waals surface area (Å²) in [5.74, 6) is -0.228. The molecule has 0 fully saturated rings. The van der Waals surface area contributed by atoms with Crippen molar-refractivity contribution in [2.75, 3.05) is 6.54 Å². The Hall–Kier alpha value is -2.60. The highest BCUT2D eigenvalue weighted by atomic mass is 32.1. The molecule has 26 heavy (non-hydrogen) atoms. The lowest BCUT2D eigenvalue weighted by Gasteiger charge is -2.15. The molecular weight excluding hydrogens is 344 g/mol.